The van der Waals surface area contributed by atoms with Crippen molar-refractivity contribution < 1.29 is 23.5 Å². The summed E-state index contributed by atoms with van der Waals surface area (Å²) in [6.45, 7) is 2.53. The van der Waals surface area contributed by atoms with Crippen LogP contribution in [0, 0.1) is 5.82 Å². The van der Waals surface area contributed by atoms with Gasteiger partial charge in [-0.05, 0) is 36.2 Å². The Hall–Kier alpha value is -3.13. The number of halogens is 1. The number of nitrogens with one attached hydrogen (secondary N) is 1. The Morgan fingerprint density at radius 1 is 1.06 bits per heavy atom. The van der Waals surface area contributed by atoms with Crippen LogP contribution in [0.1, 0.15) is 17.9 Å². The van der Waals surface area contributed by atoms with E-state index in [-0.39, 0.29) is 42.4 Å². The monoisotopic (exact) mass is 425 g/mol. The number of urea groups is 1. The second-order valence-electron chi connectivity index (χ2n) is 8.24. The maximum absolute atomic E-state index is 13.7. The van der Waals surface area contributed by atoms with Gasteiger partial charge in [-0.15, -0.1) is 0 Å². The van der Waals surface area contributed by atoms with Crippen molar-refractivity contribution in [3.63, 3.8) is 0 Å². The molecule has 0 aromatic heterocycles. The first kappa shape index (κ1) is 19.8. The molecule has 2 aromatic rings. The lowest BCUT2D eigenvalue weighted by atomic mass is 9.91. The van der Waals surface area contributed by atoms with Crippen LogP contribution in [-0.4, -0.2) is 66.7 Å². The average Bonchev–Trinajstić information content (AvgIpc) is 2.75. The highest BCUT2D eigenvalue weighted by molar-refractivity contribution is 5.79. The Labute approximate surface area is 179 Å². The van der Waals surface area contributed by atoms with Gasteiger partial charge in [0.15, 0.2) is 11.6 Å². The van der Waals surface area contributed by atoms with E-state index in [0.29, 0.717) is 31.9 Å². The van der Waals surface area contributed by atoms with Crippen LogP contribution in [0.2, 0.25) is 0 Å². The predicted molar refractivity (Wildman–Crippen MR) is 110 cm³/mol. The first-order chi connectivity index (χ1) is 15.1. The molecule has 0 radical (unpaired) electrons. The standard InChI is InChI=1S/C23H24FN3O4/c24-18-3-1-2-4-20(18)31-17-7-5-15(6-8-17)16-11-27(12-16)23(29)26-10-9-21-19(13-26)25-22(28)14-30-21/h1-8,16,19,21H,9-14H2,(H,25,28)/t19-,21+/m1/s1. The number of fused-ring (bicyclic) bond motifs is 1. The van der Waals surface area contributed by atoms with Gasteiger partial charge in [0.2, 0.25) is 5.91 Å². The first-order valence-electron chi connectivity index (χ1n) is 10.5. The van der Waals surface area contributed by atoms with Crippen LogP contribution in [-0.2, 0) is 9.53 Å². The summed E-state index contributed by atoms with van der Waals surface area (Å²) in [6.07, 6.45) is 0.730. The van der Waals surface area contributed by atoms with Gasteiger partial charge in [-0.3, -0.25) is 4.79 Å². The number of carbonyl (C=O) groups is 2. The van der Waals surface area contributed by atoms with Gasteiger partial charge in [-0.25, -0.2) is 9.18 Å². The zero-order valence-corrected chi connectivity index (χ0v) is 17.0. The van der Waals surface area contributed by atoms with Crippen molar-refractivity contribution in [2.24, 2.45) is 0 Å². The van der Waals surface area contributed by atoms with Gasteiger partial charge in [0.25, 0.3) is 0 Å². The molecule has 8 heteroatoms. The lowest BCUT2D eigenvalue weighted by Gasteiger charge is -2.46. The van der Waals surface area contributed by atoms with Crippen molar-refractivity contribution in [1.82, 2.24) is 15.1 Å². The summed E-state index contributed by atoms with van der Waals surface area (Å²) >= 11 is 0. The molecule has 0 bridgehead atoms. The normalized spacial score (nSPS) is 23.6. The van der Waals surface area contributed by atoms with Crippen LogP contribution in [0.15, 0.2) is 48.5 Å². The highest BCUT2D eigenvalue weighted by Crippen LogP contribution is 2.31. The van der Waals surface area contributed by atoms with E-state index >= 15 is 0 Å². The summed E-state index contributed by atoms with van der Waals surface area (Å²) in [6, 6.07) is 13.7. The molecule has 3 heterocycles. The third-order valence-corrected chi connectivity index (χ3v) is 6.16. The lowest BCUT2D eigenvalue weighted by molar-refractivity contribution is -0.139. The van der Waals surface area contributed by atoms with Crippen LogP contribution in [0.4, 0.5) is 9.18 Å². The number of ether oxygens (including phenoxy) is 2. The van der Waals surface area contributed by atoms with E-state index in [0.717, 1.165) is 12.0 Å². The molecule has 31 heavy (non-hydrogen) atoms. The summed E-state index contributed by atoms with van der Waals surface area (Å²) < 4.78 is 24.9. The largest absolute Gasteiger partial charge is 0.454 e. The number of para-hydroxylation sites is 1. The van der Waals surface area contributed by atoms with E-state index in [2.05, 4.69) is 5.32 Å². The molecule has 5 rings (SSSR count). The molecule has 3 amide bonds. The van der Waals surface area contributed by atoms with E-state index < -0.39 is 5.82 Å². The zero-order chi connectivity index (χ0) is 21.4. The Kier molecular flexibility index (Phi) is 5.23. The van der Waals surface area contributed by atoms with E-state index in [4.69, 9.17) is 9.47 Å². The van der Waals surface area contributed by atoms with Crippen LogP contribution < -0.4 is 10.1 Å². The van der Waals surface area contributed by atoms with E-state index in [9.17, 15) is 14.0 Å². The Bertz CT molecular complexity index is 977. The highest BCUT2D eigenvalue weighted by Gasteiger charge is 2.40. The van der Waals surface area contributed by atoms with Crippen LogP contribution >= 0.6 is 0 Å². The van der Waals surface area contributed by atoms with Gasteiger partial charge >= 0.3 is 6.03 Å². The molecular formula is C23H24FN3O4. The molecule has 1 N–H and O–H groups in total. The first-order valence-corrected chi connectivity index (χ1v) is 10.5. The fourth-order valence-electron chi connectivity index (χ4n) is 4.38. The molecule has 2 atom stereocenters. The quantitative estimate of drug-likeness (QED) is 0.821. The minimum absolute atomic E-state index is 0.00372. The molecule has 3 saturated heterocycles. The van der Waals surface area contributed by atoms with Crippen LogP contribution in [0.25, 0.3) is 0 Å². The maximum Gasteiger partial charge on any atom is 0.320 e. The van der Waals surface area contributed by atoms with Gasteiger partial charge in [-0.2, -0.15) is 0 Å². The topological polar surface area (TPSA) is 71.1 Å². The fraction of sp³-hybridized carbons (Fsp3) is 0.391. The summed E-state index contributed by atoms with van der Waals surface area (Å²) in [5, 5.41) is 2.93. The van der Waals surface area contributed by atoms with Crippen LogP contribution in [0.3, 0.4) is 0 Å². The molecule has 3 aliphatic heterocycles. The van der Waals surface area contributed by atoms with E-state index in [1.807, 2.05) is 29.2 Å². The number of morpholine rings is 1. The number of hydrogen-bond acceptors (Lipinski definition) is 4. The number of benzene rings is 2. The van der Waals surface area contributed by atoms with Gasteiger partial charge < -0.3 is 24.6 Å². The fourth-order valence-corrected chi connectivity index (χ4v) is 4.38. The Balaban J connectivity index is 1.14. The number of hydrogen-bond donors (Lipinski definition) is 1. The third-order valence-electron chi connectivity index (χ3n) is 6.16. The lowest BCUT2D eigenvalue weighted by Crippen LogP contribution is -2.63. The van der Waals surface area contributed by atoms with Crippen molar-refractivity contribution in [2.45, 2.75) is 24.5 Å². The number of piperidine rings is 1. The summed E-state index contributed by atoms with van der Waals surface area (Å²) in [7, 11) is 0. The van der Waals surface area contributed by atoms with Crippen LogP contribution in [0.5, 0.6) is 11.5 Å². The number of likely N-dealkylation sites (tertiary alicyclic amines) is 2. The summed E-state index contributed by atoms with van der Waals surface area (Å²) in [4.78, 5) is 28.0. The van der Waals surface area contributed by atoms with Gasteiger partial charge in [0.1, 0.15) is 12.4 Å². The molecule has 3 aliphatic rings. The van der Waals surface area contributed by atoms with Crippen molar-refractivity contribution >= 4 is 11.9 Å². The molecule has 0 unspecified atom stereocenters. The second kappa shape index (κ2) is 8.19. The Morgan fingerprint density at radius 3 is 2.61 bits per heavy atom. The van der Waals surface area contributed by atoms with Gasteiger partial charge in [-0.1, -0.05) is 24.3 Å². The molecule has 162 valence electrons. The molecule has 3 fully saturated rings. The molecule has 0 aliphatic carbocycles. The average molecular weight is 425 g/mol. The van der Waals surface area contributed by atoms with Crippen molar-refractivity contribution in [3.8, 4) is 11.5 Å². The number of amides is 3. The van der Waals surface area contributed by atoms with Crippen molar-refractivity contribution in [2.75, 3.05) is 32.8 Å². The minimum atomic E-state index is -0.400. The van der Waals surface area contributed by atoms with Gasteiger partial charge in [0.05, 0.1) is 12.1 Å². The minimum Gasteiger partial charge on any atom is -0.454 e. The molecular weight excluding hydrogens is 401 g/mol. The van der Waals surface area contributed by atoms with Gasteiger partial charge in [0, 0.05) is 32.1 Å². The number of carbonyl (C=O) groups excluding carboxylic acids is 2. The smallest absolute Gasteiger partial charge is 0.320 e. The molecule has 2 aromatic carbocycles. The molecule has 0 spiro atoms. The number of nitrogens with zero attached hydrogens (tertiary/aromatic N) is 2. The highest BCUT2D eigenvalue weighted by atomic mass is 19.1. The molecule has 7 nitrogen and oxygen atoms in total. The maximum atomic E-state index is 13.7. The van der Waals surface area contributed by atoms with Crippen molar-refractivity contribution in [3.05, 3.63) is 59.9 Å². The predicted octanol–water partition coefficient (Wildman–Crippen LogP) is 2.73. The third kappa shape index (κ3) is 4.07. The Morgan fingerprint density at radius 2 is 1.84 bits per heavy atom. The van der Waals surface area contributed by atoms with E-state index in [1.54, 1.807) is 23.1 Å². The second-order valence-corrected chi connectivity index (χ2v) is 8.24. The number of rotatable bonds is 3. The zero-order valence-electron chi connectivity index (χ0n) is 17.0. The van der Waals surface area contributed by atoms with Crippen molar-refractivity contribution in [1.29, 1.82) is 0 Å². The SMILES string of the molecule is O=C1CO[C@H]2CCN(C(=O)N3CC(c4ccc(Oc5ccccc5F)cc4)C3)C[C@H]2N1. The summed E-state index contributed by atoms with van der Waals surface area (Å²) in [5.74, 6) is 0.506. The van der Waals surface area contributed by atoms with E-state index in [1.165, 1.54) is 6.07 Å². The summed E-state index contributed by atoms with van der Waals surface area (Å²) in [5.41, 5.74) is 1.12. The molecule has 0 saturated carbocycles.